The fraction of sp³-hybridized carbons (Fsp3) is 0.300. The molecule has 29 heavy (non-hydrogen) atoms. The minimum Gasteiger partial charge on any atom is -0.462 e. The number of sulfonamides is 1. The number of halogens is 1. The zero-order valence-electron chi connectivity index (χ0n) is 16.2. The summed E-state index contributed by atoms with van der Waals surface area (Å²) < 4.78 is 45.1. The lowest BCUT2D eigenvalue weighted by Gasteiger charge is -2.09. The van der Waals surface area contributed by atoms with Crippen molar-refractivity contribution in [2.24, 2.45) is 0 Å². The smallest absolute Gasteiger partial charge is 0.338 e. The number of hydrogen-bond acceptors (Lipinski definition) is 5. The Kier molecular flexibility index (Phi) is 7.86. The number of rotatable bonds is 9. The third kappa shape index (κ3) is 6.65. The minimum atomic E-state index is -3.77. The quantitative estimate of drug-likeness (QED) is 0.478. The summed E-state index contributed by atoms with van der Waals surface area (Å²) in [4.78, 5) is 23.6. The largest absolute Gasteiger partial charge is 0.462 e. The van der Waals surface area contributed by atoms with E-state index in [0.29, 0.717) is 5.69 Å². The van der Waals surface area contributed by atoms with E-state index in [1.165, 1.54) is 36.4 Å². The molecule has 9 heteroatoms. The molecule has 2 aromatic rings. The maximum atomic E-state index is 13.3. The van der Waals surface area contributed by atoms with Gasteiger partial charge in [0.15, 0.2) is 0 Å². The van der Waals surface area contributed by atoms with Gasteiger partial charge in [-0.2, -0.15) is 0 Å². The van der Waals surface area contributed by atoms with Crippen molar-refractivity contribution in [3.05, 3.63) is 59.4 Å². The second-order valence-corrected chi connectivity index (χ2v) is 8.02. The highest BCUT2D eigenvalue weighted by atomic mass is 32.2. The van der Waals surface area contributed by atoms with Crippen molar-refractivity contribution in [3.63, 3.8) is 0 Å². The lowest BCUT2D eigenvalue weighted by molar-refractivity contribution is -0.116. The number of anilines is 1. The summed E-state index contributed by atoms with van der Waals surface area (Å²) in [6.45, 7) is 3.71. The second-order valence-electron chi connectivity index (χ2n) is 6.25. The SMILES string of the molecule is CCOC(=O)c1ccc(S(=O)(=O)NCCCC(=O)Nc2cc(F)ccc2C)cc1. The van der Waals surface area contributed by atoms with Gasteiger partial charge < -0.3 is 10.1 Å². The average Bonchev–Trinajstić information content (AvgIpc) is 2.68. The van der Waals surface area contributed by atoms with E-state index in [1.54, 1.807) is 19.9 Å². The highest BCUT2D eigenvalue weighted by molar-refractivity contribution is 7.89. The van der Waals surface area contributed by atoms with Gasteiger partial charge in [-0.1, -0.05) is 6.07 Å². The Morgan fingerprint density at radius 2 is 1.79 bits per heavy atom. The van der Waals surface area contributed by atoms with Gasteiger partial charge in [0.2, 0.25) is 15.9 Å². The molecule has 0 heterocycles. The Labute approximate surface area is 169 Å². The molecule has 0 saturated heterocycles. The summed E-state index contributed by atoms with van der Waals surface area (Å²) in [5.41, 5.74) is 1.37. The highest BCUT2D eigenvalue weighted by Crippen LogP contribution is 2.16. The third-order valence-corrected chi connectivity index (χ3v) is 5.50. The van der Waals surface area contributed by atoms with Crippen LogP contribution in [0.4, 0.5) is 10.1 Å². The Hall–Kier alpha value is -2.78. The molecule has 0 bridgehead atoms. The van der Waals surface area contributed by atoms with Crippen LogP contribution in [0.5, 0.6) is 0 Å². The van der Waals surface area contributed by atoms with Crippen LogP contribution in [0.2, 0.25) is 0 Å². The first-order chi connectivity index (χ1) is 13.7. The topological polar surface area (TPSA) is 102 Å². The summed E-state index contributed by atoms with van der Waals surface area (Å²) in [5.74, 6) is -1.31. The predicted octanol–water partition coefficient (Wildman–Crippen LogP) is 3.01. The number of ether oxygens (including phenoxy) is 1. The predicted molar refractivity (Wildman–Crippen MR) is 107 cm³/mol. The van der Waals surface area contributed by atoms with E-state index in [0.717, 1.165) is 5.56 Å². The molecule has 0 aliphatic rings. The van der Waals surface area contributed by atoms with Crippen LogP contribution >= 0.6 is 0 Å². The number of aryl methyl sites for hydroxylation is 1. The minimum absolute atomic E-state index is 0.00499. The van der Waals surface area contributed by atoms with E-state index in [-0.39, 0.29) is 42.4 Å². The summed E-state index contributed by atoms with van der Waals surface area (Å²) in [6, 6.07) is 9.48. The van der Waals surface area contributed by atoms with E-state index in [2.05, 4.69) is 10.0 Å². The number of carbonyl (C=O) groups excluding carboxylic acids is 2. The first-order valence-corrected chi connectivity index (χ1v) is 10.5. The van der Waals surface area contributed by atoms with Crippen LogP contribution in [-0.2, 0) is 19.6 Å². The molecule has 1 amide bonds. The van der Waals surface area contributed by atoms with Crippen molar-refractivity contribution < 1.29 is 27.1 Å². The Bertz CT molecular complexity index is 975. The van der Waals surface area contributed by atoms with Crippen molar-refractivity contribution in [1.82, 2.24) is 4.72 Å². The fourth-order valence-electron chi connectivity index (χ4n) is 2.47. The van der Waals surface area contributed by atoms with E-state index in [4.69, 9.17) is 4.74 Å². The first-order valence-electron chi connectivity index (χ1n) is 9.06. The molecule has 0 fully saturated rings. The van der Waals surface area contributed by atoms with E-state index >= 15 is 0 Å². The van der Waals surface area contributed by atoms with Gasteiger partial charge in [-0.25, -0.2) is 22.3 Å². The van der Waals surface area contributed by atoms with Crippen LogP contribution in [0.3, 0.4) is 0 Å². The molecule has 0 aliphatic heterocycles. The van der Waals surface area contributed by atoms with Gasteiger partial charge in [-0.15, -0.1) is 0 Å². The van der Waals surface area contributed by atoms with Crippen molar-refractivity contribution in [2.45, 2.75) is 31.6 Å². The number of esters is 1. The summed E-state index contributed by atoms with van der Waals surface area (Å²) in [5, 5.41) is 2.61. The Balaban J connectivity index is 1.83. The van der Waals surface area contributed by atoms with E-state index < -0.39 is 21.8 Å². The fourth-order valence-corrected chi connectivity index (χ4v) is 3.54. The van der Waals surface area contributed by atoms with Gasteiger partial charge in [0.25, 0.3) is 0 Å². The summed E-state index contributed by atoms with van der Waals surface area (Å²) in [6.07, 6.45) is 0.334. The van der Waals surface area contributed by atoms with Gasteiger partial charge in [0.05, 0.1) is 17.1 Å². The normalized spacial score (nSPS) is 11.1. The number of nitrogens with one attached hydrogen (secondary N) is 2. The van der Waals surface area contributed by atoms with Crippen molar-refractivity contribution >= 4 is 27.6 Å². The Morgan fingerprint density at radius 3 is 2.45 bits per heavy atom. The number of hydrogen-bond donors (Lipinski definition) is 2. The zero-order valence-corrected chi connectivity index (χ0v) is 17.0. The maximum absolute atomic E-state index is 13.3. The summed E-state index contributed by atoms with van der Waals surface area (Å²) in [7, 11) is -3.77. The van der Waals surface area contributed by atoms with Crippen LogP contribution in [0.15, 0.2) is 47.4 Å². The molecular formula is C20H23FN2O5S. The monoisotopic (exact) mass is 422 g/mol. The van der Waals surface area contributed by atoms with Crippen molar-refractivity contribution in [1.29, 1.82) is 0 Å². The molecule has 2 N–H and O–H groups in total. The van der Waals surface area contributed by atoms with Crippen LogP contribution in [0.1, 0.15) is 35.7 Å². The van der Waals surface area contributed by atoms with Crippen LogP contribution in [-0.4, -0.2) is 33.4 Å². The molecule has 156 valence electrons. The van der Waals surface area contributed by atoms with Crippen LogP contribution in [0.25, 0.3) is 0 Å². The molecule has 0 aliphatic carbocycles. The van der Waals surface area contributed by atoms with Crippen LogP contribution < -0.4 is 10.0 Å². The van der Waals surface area contributed by atoms with Crippen molar-refractivity contribution in [3.8, 4) is 0 Å². The van der Waals surface area contributed by atoms with E-state index in [9.17, 15) is 22.4 Å². The second kappa shape index (κ2) is 10.1. The van der Waals surface area contributed by atoms with Gasteiger partial charge in [0, 0.05) is 18.7 Å². The van der Waals surface area contributed by atoms with Gasteiger partial charge in [-0.05, 0) is 62.2 Å². The van der Waals surface area contributed by atoms with Crippen molar-refractivity contribution in [2.75, 3.05) is 18.5 Å². The van der Waals surface area contributed by atoms with E-state index in [1.807, 2.05) is 0 Å². The molecule has 0 aromatic heterocycles. The molecule has 0 saturated carbocycles. The molecule has 7 nitrogen and oxygen atoms in total. The Morgan fingerprint density at radius 1 is 1.10 bits per heavy atom. The van der Waals surface area contributed by atoms with Gasteiger partial charge >= 0.3 is 5.97 Å². The first kappa shape index (κ1) is 22.5. The zero-order chi connectivity index (χ0) is 21.4. The molecule has 0 spiro atoms. The molecule has 0 radical (unpaired) electrons. The third-order valence-electron chi connectivity index (χ3n) is 4.02. The molecule has 2 aromatic carbocycles. The summed E-state index contributed by atoms with van der Waals surface area (Å²) >= 11 is 0. The van der Waals surface area contributed by atoms with Gasteiger partial charge in [0.1, 0.15) is 5.82 Å². The van der Waals surface area contributed by atoms with Crippen LogP contribution in [0, 0.1) is 12.7 Å². The maximum Gasteiger partial charge on any atom is 0.338 e. The molecule has 0 atom stereocenters. The number of amides is 1. The number of benzene rings is 2. The molecule has 0 unspecified atom stereocenters. The molecule has 2 rings (SSSR count). The lowest BCUT2D eigenvalue weighted by Crippen LogP contribution is -2.26. The molecular weight excluding hydrogens is 399 g/mol. The highest BCUT2D eigenvalue weighted by Gasteiger charge is 2.15. The van der Waals surface area contributed by atoms with Gasteiger partial charge in [-0.3, -0.25) is 4.79 Å². The average molecular weight is 422 g/mol. The standard InChI is InChI=1S/C20H23FN2O5S/c1-3-28-20(25)15-7-10-17(11-8-15)29(26,27)22-12-4-5-19(24)23-18-13-16(21)9-6-14(18)2/h6-11,13,22H,3-5,12H2,1-2H3,(H,23,24). The number of carbonyl (C=O) groups is 2. The lowest BCUT2D eigenvalue weighted by atomic mass is 10.2.